The molecule has 1 aliphatic heterocycles. The molecule has 3 heterocycles. The third-order valence-corrected chi connectivity index (χ3v) is 8.51. The summed E-state index contributed by atoms with van der Waals surface area (Å²) in [5.74, 6) is 0.0411. The monoisotopic (exact) mass is 391 g/mol. The maximum atomic E-state index is 12.8. The number of hydrogen-bond acceptors (Lipinski definition) is 5. The molecule has 1 aliphatic carbocycles. The van der Waals surface area contributed by atoms with E-state index in [1.807, 2.05) is 20.0 Å². The number of fused-ring (bicyclic) bond motifs is 1. The van der Waals surface area contributed by atoms with Gasteiger partial charge in [-0.25, -0.2) is 18.2 Å². The van der Waals surface area contributed by atoms with Crippen LogP contribution in [0, 0.1) is 6.92 Å². The van der Waals surface area contributed by atoms with Crippen LogP contribution in [0.5, 0.6) is 0 Å². The van der Waals surface area contributed by atoms with E-state index in [-0.39, 0.29) is 24.9 Å². The zero-order chi connectivity index (χ0) is 19.2. The van der Waals surface area contributed by atoms with E-state index < -0.39 is 14.6 Å². The lowest BCUT2D eigenvalue weighted by Crippen LogP contribution is -2.59. The van der Waals surface area contributed by atoms with Crippen LogP contribution in [0.1, 0.15) is 37.8 Å². The van der Waals surface area contributed by atoms with E-state index in [9.17, 15) is 13.2 Å². The van der Waals surface area contributed by atoms with Gasteiger partial charge < -0.3 is 10.2 Å². The van der Waals surface area contributed by atoms with Gasteiger partial charge in [-0.15, -0.1) is 0 Å². The zero-order valence-corrected chi connectivity index (χ0v) is 16.5. The summed E-state index contributed by atoms with van der Waals surface area (Å²) in [6.45, 7) is 2.41. The first-order valence-electron chi connectivity index (χ1n) is 9.39. The summed E-state index contributed by atoms with van der Waals surface area (Å²) < 4.78 is 26.3. The molecule has 27 heavy (non-hydrogen) atoms. The average molecular weight is 391 g/mol. The highest BCUT2D eigenvalue weighted by Crippen LogP contribution is 2.38. The Bertz CT molecular complexity index is 992. The Labute approximate surface area is 158 Å². The smallest absolute Gasteiger partial charge is 0.321 e. The van der Waals surface area contributed by atoms with Crippen LogP contribution in [0.25, 0.3) is 11.0 Å². The molecule has 0 bridgehead atoms. The van der Waals surface area contributed by atoms with Crippen molar-refractivity contribution >= 4 is 32.6 Å². The summed E-state index contributed by atoms with van der Waals surface area (Å²) in [5.41, 5.74) is 2.20. The highest BCUT2D eigenvalue weighted by Gasteiger charge is 2.49. The molecule has 1 N–H and O–H groups in total. The molecule has 1 saturated carbocycles. The number of nitrogens with one attached hydrogen (secondary N) is 1. The van der Waals surface area contributed by atoms with E-state index in [1.165, 1.54) is 0 Å². The van der Waals surface area contributed by atoms with Gasteiger partial charge in [-0.3, -0.25) is 4.68 Å². The number of sulfone groups is 1. The van der Waals surface area contributed by atoms with Gasteiger partial charge in [-0.2, -0.15) is 5.10 Å². The fourth-order valence-corrected chi connectivity index (χ4v) is 6.55. The Morgan fingerprint density at radius 1 is 1.26 bits per heavy atom. The molecule has 4 rings (SSSR count). The Hall–Kier alpha value is -2.16. The predicted molar refractivity (Wildman–Crippen MR) is 103 cm³/mol. The van der Waals surface area contributed by atoms with Crippen molar-refractivity contribution < 1.29 is 13.2 Å². The molecule has 2 aliphatic rings. The second-order valence-corrected chi connectivity index (χ2v) is 10.2. The van der Waals surface area contributed by atoms with E-state index >= 15 is 0 Å². The fourth-order valence-electron chi connectivity index (χ4n) is 4.39. The maximum Gasteiger partial charge on any atom is 0.321 e. The van der Waals surface area contributed by atoms with Crippen molar-refractivity contribution in [3.05, 3.63) is 18.0 Å². The maximum absolute atomic E-state index is 12.8. The third-order valence-electron chi connectivity index (χ3n) is 5.93. The van der Waals surface area contributed by atoms with Gasteiger partial charge >= 0.3 is 6.03 Å². The lowest BCUT2D eigenvalue weighted by molar-refractivity contribution is 0.193. The van der Waals surface area contributed by atoms with Gasteiger partial charge in [-0.1, -0.05) is 19.3 Å². The van der Waals surface area contributed by atoms with E-state index in [4.69, 9.17) is 0 Å². The number of carbonyl (C=O) groups is 1. The second kappa shape index (κ2) is 6.47. The third kappa shape index (κ3) is 3.07. The lowest BCUT2D eigenvalue weighted by atomic mass is 9.87. The zero-order valence-electron chi connectivity index (χ0n) is 15.7. The number of nitrogens with zero attached hydrogens (tertiary/aromatic N) is 4. The Morgan fingerprint density at radius 2 is 2.00 bits per heavy atom. The summed E-state index contributed by atoms with van der Waals surface area (Å²) in [6, 6.07) is 1.59. The minimum absolute atomic E-state index is 0.0411. The largest absolute Gasteiger partial charge is 0.322 e. The van der Waals surface area contributed by atoms with Crippen molar-refractivity contribution in [2.24, 2.45) is 7.05 Å². The van der Waals surface area contributed by atoms with Gasteiger partial charge in [0, 0.05) is 25.5 Å². The van der Waals surface area contributed by atoms with Gasteiger partial charge in [0.2, 0.25) is 0 Å². The molecule has 2 amide bonds. The van der Waals surface area contributed by atoms with Crippen LogP contribution in [0.15, 0.2) is 12.3 Å². The Balaban J connectivity index is 1.54. The minimum atomic E-state index is -3.16. The van der Waals surface area contributed by atoms with Gasteiger partial charge in [0.15, 0.2) is 15.5 Å². The van der Waals surface area contributed by atoms with Crippen LogP contribution in [0.3, 0.4) is 0 Å². The number of urea groups is 1. The van der Waals surface area contributed by atoms with Crippen LogP contribution < -0.4 is 5.32 Å². The Morgan fingerprint density at radius 3 is 2.74 bits per heavy atom. The molecule has 0 unspecified atom stereocenters. The molecule has 146 valence electrons. The molecule has 1 saturated heterocycles. The van der Waals surface area contributed by atoms with Crippen LogP contribution >= 0.6 is 0 Å². The van der Waals surface area contributed by atoms with E-state index in [2.05, 4.69) is 15.4 Å². The fraction of sp³-hybridized carbons (Fsp3) is 0.611. The molecule has 0 atom stereocenters. The molecule has 9 heteroatoms. The second-order valence-electron chi connectivity index (χ2n) is 7.72. The van der Waals surface area contributed by atoms with E-state index in [0.717, 1.165) is 36.0 Å². The molecular formula is C18H25N5O3S. The quantitative estimate of drug-likeness (QED) is 0.804. The van der Waals surface area contributed by atoms with Crippen LogP contribution in [0.4, 0.5) is 10.5 Å². The topological polar surface area (TPSA) is 97.2 Å². The molecule has 2 aromatic rings. The van der Waals surface area contributed by atoms with Crippen molar-refractivity contribution in [2.45, 2.75) is 43.8 Å². The molecule has 8 nitrogen and oxygen atoms in total. The first-order valence-corrected chi connectivity index (χ1v) is 11.0. The number of aromatic nitrogens is 3. The summed E-state index contributed by atoms with van der Waals surface area (Å²) in [6.07, 6.45) is 5.81. The predicted octanol–water partition coefficient (Wildman–Crippen LogP) is 2.24. The summed E-state index contributed by atoms with van der Waals surface area (Å²) in [4.78, 5) is 18.8. The highest BCUT2D eigenvalue weighted by molar-refractivity contribution is 7.92. The molecule has 0 radical (unpaired) electrons. The number of aryl methyl sites for hydroxylation is 2. The van der Waals surface area contributed by atoms with Crippen molar-refractivity contribution in [1.29, 1.82) is 0 Å². The summed E-state index contributed by atoms with van der Waals surface area (Å²) in [7, 11) is -1.33. The molecule has 2 fully saturated rings. The molecule has 1 spiro atoms. The van der Waals surface area contributed by atoms with Gasteiger partial charge in [-0.05, 0) is 25.8 Å². The SMILES string of the molecule is Cc1nn(C)c2ncc(NC(=O)N3CCS(=O)(=O)C4(CCCCC4)C3)cc12. The minimum Gasteiger partial charge on any atom is -0.322 e. The summed E-state index contributed by atoms with van der Waals surface area (Å²) in [5, 5.41) is 8.11. The van der Waals surface area contributed by atoms with E-state index in [0.29, 0.717) is 18.5 Å². The van der Waals surface area contributed by atoms with Gasteiger partial charge in [0.1, 0.15) is 0 Å². The number of rotatable bonds is 1. The normalized spacial score (nSPS) is 21.5. The van der Waals surface area contributed by atoms with Crippen LogP contribution in [0.2, 0.25) is 0 Å². The number of carbonyl (C=O) groups excluding carboxylic acids is 1. The first-order chi connectivity index (χ1) is 12.8. The lowest BCUT2D eigenvalue weighted by Gasteiger charge is -2.44. The first kappa shape index (κ1) is 18.2. The molecule has 2 aromatic heterocycles. The standard InChI is InChI=1S/C18H25N5O3S/c1-13-15-10-14(11-19-16(15)22(2)21-13)20-17(24)23-8-9-27(25,26)18(12-23)6-4-3-5-7-18/h10-11H,3-9,12H2,1-2H3,(H,20,24). The van der Waals surface area contributed by atoms with Crippen molar-refractivity contribution in [3.63, 3.8) is 0 Å². The number of anilines is 1. The van der Waals surface area contributed by atoms with Crippen molar-refractivity contribution in [3.8, 4) is 0 Å². The highest BCUT2D eigenvalue weighted by atomic mass is 32.2. The van der Waals surface area contributed by atoms with Crippen molar-refractivity contribution in [1.82, 2.24) is 19.7 Å². The van der Waals surface area contributed by atoms with E-state index in [1.54, 1.807) is 15.8 Å². The number of hydrogen-bond donors (Lipinski definition) is 1. The van der Waals surface area contributed by atoms with Crippen LogP contribution in [-0.2, 0) is 16.9 Å². The number of pyridine rings is 1. The van der Waals surface area contributed by atoms with Crippen LogP contribution in [-0.4, -0.2) is 57.7 Å². The number of amides is 2. The Kier molecular flexibility index (Phi) is 4.37. The molecule has 0 aromatic carbocycles. The van der Waals surface area contributed by atoms with Gasteiger partial charge in [0.05, 0.1) is 28.1 Å². The van der Waals surface area contributed by atoms with Gasteiger partial charge in [0.25, 0.3) is 0 Å². The summed E-state index contributed by atoms with van der Waals surface area (Å²) >= 11 is 0. The average Bonchev–Trinajstić information content (AvgIpc) is 2.92. The molecular weight excluding hydrogens is 366 g/mol. The van der Waals surface area contributed by atoms with Crippen molar-refractivity contribution in [2.75, 3.05) is 24.2 Å².